The number of carbonyl (C=O) groups excluding carboxylic acids is 1. The topological polar surface area (TPSA) is 90.5 Å². The van der Waals surface area contributed by atoms with Gasteiger partial charge in [0.15, 0.2) is 11.5 Å². The highest BCUT2D eigenvalue weighted by atomic mass is 16.2. The van der Waals surface area contributed by atoms with Crippen LogP contribution in [0.1, 0.15) is 29.7 Å². The van der Waals surface area contributed by atoms with E-state index in [2.05, 4.69) is 51.5 Å². The summed E-state index contributed by atoms with van der Waals surface area (Å²) in [4.78, 5) is 21.2. The molecule has 1 N–H and O–H groups in total. The largest absolute Gasteiger partial charge is 0.310 e. The van der Waals surface area contributed by atoms with Gasteiger partial charge in [-0.25, -0.2) is 14.6 Å². The predicted octanol–water partition coefficient (Wildman–Crippen LogP) is 3.27. The number of hydrogen-bond donors (Lipinski definition) is 1. The van der Waals surface area contributed by atoms with Gasteiger partial charge in [-0.05, 0) is 45.2 Å². The monoisotopic (exact) mass is 387 g/mol. The van der Waals surface area contributed by atoms with Crippen molar-refractivity contribution in [2.45, 2.75) is 33.6 Å². The number of anilines is 1. The zero-order chi connectivity index (χ0) is 20.1. The van der Waals surface area contributed by atoms with Gasteiger partial charge in [0.2, 0.25) is 5.91 Å². The van der Waals surface area contributed by atoms with Crippen LogP contribution in [0.15, 0.2) is 36.8 Å². The highest BCUT2D eigenvalue weighted by Crippen LogP contribution is 2.31. The number of fused-ring (bicyclic) bond motifs is 1. The summed E-state index contributed by atoms with van der Waals surface area (Å²) in [6, 6.07) is 8.06. The van der Waals surface area contributed by atoms with Crippen LogP contribution in [0, 0.1) is 26.7 Å². The van der Waals surface area contributed by atoms with Gasteiger partial charge in [0.05, 0.1) is 23.0 Å². The third-order valence-corrected chi connectivity index (χ3v) is 5.16. The summed E-state index contributed by atoms with van der Waals surface area (Å²) in [7, 11) is 0. The molecular weight excluding hydrogens is 366 g/mol. The van der Waals surface area contributed by atoms with Gasteiger partial charge in [-0.3, -0.25) is 4.79 Å². The van der Waals surface area contributed by atoms with E-state index in [-0.39, 0.29) is 11.8 Å². The Morgan fingerprint density at radius 2 is 1.93 bits per heavy atom. The van der Waals surface area contributed by atoms with Gasteiger partial charge in [0.25, 0.3) is 0 Å². The summed E-state index contributed by atoms with van der Waals surface area (Å²) in [6.45, 7) is 6.01. The number of amides is 1. The summed E-state index contributed by atoms with van der Waals surface area (Å²) in [5.74, 6) is 1.34. The van der Waals surface area contributed by atoms with Gasteiger partial charge in [-0.15, -0.1) is 0 Å². The molecule has 3 aromatic heterocycles. The Morgan fingerprint density at radius 3 is 2.69 bits per heavy atom. The van der Waals surface area contributed by atoms with Crippen molar-refractivity contribution in [2.24, 2.45) is 5.92 Å². The third kappa shape index (κ3) is 3.06. The molecule has 0 atom stereocenters. The second-order valence-corrected chi connectivity index (χ2v) is 7.63. The smallest absolute Gasteiger partial charge is 0.228 e. The van der Waals surface area contributed by atoms with Crippen LogP contribution in [0.25, 0.3) is 22.5 Å². The standard InChI is InChI=1S/C21H21N7O/c1-12-4-7-17(13(2)8-12)27-19-16(10-24-27)20(23-11-22-19)28-18(9-14(3)26-28)25-21(29)15-5-6-15/h4,7-11,15H,5-6H2,1-3H3,(H,25,29). The van der Waals surface area contributed by atoms with Crippen molar-refractivity contribution in [1.29, 1.82) is 0 Å². The maximum atomic E-state index is 12.3. The first-order valence-electron chi connectivity index (χ1n) is 9.65. The fourth-order valence-corrected chi connectivity index (χ4v) is 3.54. The maximum absolute atomic E-state index is 12.3. The van der Waals surface area contributed by atoms with Crippen molar-refractivity contribution >= 4 is 22.8 Å². The number of nitrogens with one attached hydrogen (secondary N) is 1. The first kappa shape index (κ1) is 17.5. The minimum absolute atomic E-state index is 0.0300. The molecule has 1 aromatic carbocycles. The Morgan fingerprint density at radius 1 is 1.10 bits per heavy atom. The van der Waals surface area contributed by atoms with Crippen molar-refractivity contribution in [3.05, 3.63) is 53.6 Å². The lowest BCUT2D eigenvalue weighted by molar-refractivity contribution is -0.117. The van der Waals surface area contributed by atoms with E-state index in [4.69, 9.17) is 0 Å². The van der Waals surface area contributed by atoms with Gasteiger partial charge in [-0.2, -0.15) is 14.9 Å². The molecule has 0 bridgehead atoms. The van der Waals surface area contributed by atoms with E-state index in [1.807, 2.05) is 23.7 Å². The first-order chi connectivity index (χ1) is 14.0. The van der Waals surface area contributed by atoms with Crippen molar-refractivity contribution in [2.75, 3.05) is 5.32 Å². The Labute approximate surface area is 167 Å². The molecule has 1 aliphatic carbocycles. The van der Waals surface area contributed by atoms with Crippen molar-refractivity contribution in [3.63, 3.8) is 0 Å². The number of rotatable bonds is 4. The van der Waals surface area contributed by atoms with E-state index in [9.17, 15) is 4.79 Å². The van der Waals surface area contributed by atoms with Crippen LogP contribution in [0.3, 0.4) is 0 Å². The number of carbonyl (C=O) groups is 1. The molecule has 29 heavy (non-hydrogen) atoms. The third-order valence-electron chi connectivity index (χ3n) is 5.16. The van der Waals surface area contributed by atoms with Crippen molar-refractivity contribution in [3.8, 4) is 11.5 Å². The number of benzene rings is 1. The molecule has 1 amide bonds. The number of hydrogen-bond acceptors (Lipinski definition) is 5. The molecule has 146 valence electrons. The Balaban J connectivity index is 1.62. The van der Waals surface area contributed by atoms with E-state index in [0.29, 0.717) is 17.3 Å². The first-order valence-corrected chi connectivity index (χ1v) is 9.65. The number of aryl methyl sites for hydroxylation is 3. The van der Waals surface area contributed by atoms with Crippen LogP contribution < -0.4 is 5.32 Å². The molecule has 8 heteroatoms. The second kappa shape index (κ2) is 6.51. The zero-order valence-corrected chi connectivity index (χ0v) is 16.5. The lowest BCUT2D eigenvalue weighted by Crippen LogP contribution is -2.17. The molecule has 0 spiro atoms. The normalized spacial score (nSPS) is 13.8. The second-order valence-electron chi connectivity index (χ2n) is 7.63. The van der Waals surface area contributed by atoms with Crippen molar-refractivity contribution in [1.82, 2.24) is 29.5 Å². The van der Waals surface area contributed by atoms with Crippen molar-refractivity contribution < 1.29 is 4.79 Å². The van der Waals surface area contributed by atoms with E-state index in [1.54, 1.807) is 10.9 Å². The van der Waals surface area contributed by atoms with E-state index >= 15 is 0 Å². The molecule has 0 saturated heterocycles. The number of aromatic nitrogens is 6. The Kier molecular flexibility index (Phi) is 3.94. The van der Waals surface area contributed by atoms with Gasteiger partial charge < -0.3 is 5.32 Å². The van der Waals surface area contributed by atoms with Crippen LogP contribution in [0.5, 0.6) is 0 Å². The zero-order valence-electron chi connectivity index (χ0n) is 16.5. The highest BCUT2D eigenvalue weighted by Gasteiger charge is 2.30. The minimum atomic E-state index is 0.0300. The molecule has 3 heterocycles. The molecule has 5 rings (SSSR count). The summed E-state index contributed by atoms with van der Waals surface area (Å²) in [5, 5.41) is 12.9. The summed E-state index contributed by atoms with van der Waals surface area (Å²) in [6.07, 6.45) is 5.13. The quantitative estimate of drug-likeness (QED) is 0.580. The molecule has 8 nitrogen and oxygen atoms in total. The van der Waals surface area contributed by atoms with E-state index < -0.39 is 0 Å². The molecule has 1 fully saturated rings. The van der Waals surface area contributed by atoms with Gasteiger partial charge >= 0.3 is 0 Å². The average molecular weight is 387 g/mol. The predicted molar refractivity (Wildman–Crippen MR) is 109 cm³/mol. The fourth-order valence-electron chi connectivity index (χ4n) is 3.54. The molecule has 1 aliphatic rings. The van der Waals surface area contributed by atoms with Crippen LogP contribution >= 0.6 is 0 Å². The van der Waals surface area contributed by atoms with E-state index in [0.717, 1.165) is 35.2 Å². The Bertz CT molecular complexity index is 1250. The molecule has 0 unspecified atom stereocenters. The van der Waals surface area contributed by atoms with E-state index in [1.165, 1.54) is 11.9 Å². The molecule has 1 saturated carbocycles. The van der Waals surface area contributed by atoms with Gasteiger partial charge in [-0.1, -0.05) is 17.7 Å². The molecule has 0 aliphatic heterocycles. The van der Waals surface area contributed by atoms with Gasteiger partial charge in [0, 0.05) is 12.0 Å². The molecular formula is C21H21N7O. The average Bonchev–Trinajstić information content (AvgIpc) is 3.36. The molecule has 4 aromatic rings. The maximum Gasteiger partial charge on any atom is 0.228 e. The fraction of sp³-hybridized carbons (Fsp3) is 0.286. The summed E-state index contributed by atoms with van der Waals surface area (Å²) >= 11 is 0. The van der Waals surface area contributed by atoms with Crippen LogP contribution in [0.2, 0.25) is 0 Å². The molecule has 0 radical (unpaired) electrons. The SMILES string of the molecule is Cc1ccc(-n2ncc3c(-n4nc(C)cc4NC(=O)C4CC4)ncnc32)c(C)c1. The Hall–Kier alpha value is -3.55. The summed E-state index contributed by atoms with van der Waals surface area (Å²) < 4.78 is 3.47. The number of nitrogens with zero attached hydrogens (tertiary/aromatic N) is 6. The van der Waals surface area contributed by atoms with Gasteiger partial charge in [0.1, 0.15) is 12.1 Å². The van der Waals surface area contributed by atoms with Crippen LogP contribution in [0.4, 0.5) is 5.82 Å². The summed E-state index contributed by atoms with van der Waals surface area (Å²) in [5.41, 5.74) is 4.76. The van der Waals surface area contributed by atoms with Crippen LogP contribution in [-0.4, -0.2) is 35.4 Å². The lowest BCUT2D eigenvalue weighted by Gasteiger charge is -2.10. The lowest BCUT2D eigenvalue weighted by atomic mass is 10.1. The van der Waals surface area contributed by atoms with Crippen LogP contribution in [-0.2, 0) is 4.79 Å². The highest BCUT2D eigenvalue weighted by molar-refractivity contribution is 5.94. The minimum Gasteiger partial charge on any atom is -0.310 e.